The van der Waals surface area contributed by atoms with E-state index in [1.165, 1.54) is 11.8 Å². The summed E-state index contributed by atoms with van der Waals surface area (Å²) in [5, 5.41) is 10.3. The smallest absolute Gasteiger partial charge is 0.325 e. The molecule has 1 aromatic rings. The normalized spacial score (nSPS) is 22.9. The first-order valence-corrected chi connectivity index (χ1v) is 7.96. The van der Waals surface area contributed by atoms with Gasteiger partial charge in [0.15, 0.2) is 0 Å². The van der Waals surface area contributed by atoms with Gasteiger partial charge in [-0.05, 0) is 24.0 Å². The topological polar surface area (TPSA) is 65.0 Å². The number of rotatable bonds is 7. The quantitative estimate of drug-likeness (QED) is 0.772. The third-order valence-electron chi connectivity index (χ3n) is 3.66. The van der Waals surface area contributed by atoms with Crippen LogP contribution in [-0.4, -0.2) is 48.5 Å². The van der Waals surface area contributed by atoms with E-state index in [4.69, 9.17) is 14.2 Å². The fraction of sp³-hybridized carbons (Fsp3) is 0.533. The highest BCUT2D eigenvalue weighted by Crippen LogP contribution is 2.36. The summed E-state index contributed by atoms with van der Waals surface area (Å²) < 4.78 is 14.7. The van der Waals surface area contributed by atoms with E-state index in [1.807, 2.05) is 24.3 Å². The molecule has 0 aliphatic carbocycles. The standard InChI is InChI=1S/C15H20O5S/c1-18-12-5-3-11(4-6-12)9-19-10-13(16)15(21-2)7-8-20-14(15)17/h3-6,13,16H,7-10H2,1-2H3/t13-,15+/m1/s1. The molecule has 0 spiro atoms. The second kappa shape index (κ2) is 7.15. The monoisotopic (exact) mass is 312 g/mol. The first kappa shape index (κ1) is 16.1. The maximum absolute atomic E-state index is 11.8. The van der Waals surface area contributed by atoms with Gasteiger partial charge in [0, 0.05) is 6.42 Å². The van der Waals surface area contributed by atoms with Crippen LogP contribution in [0.3, 0.4) is 0 Å². The summed E-state index contributed by atoms with van der Waals surface area (Å²) in [6.45, 7) is 0.831. The van der Waals surface area contributed by atoms with E-state index in [1.54, 1.807) is 13.4 Å². The Hall–Kier alpha value is -1.24. The molecule has 1 aliphatic heterocycles. The van der Waals surface area contributed by atoms with E-state index in [0.717, 1.165) is 11.3 Å². The van der Waals surface area contributed by atoms with Crippen LogP contribution in [0.2, 0.25) is 0 Å². The van der Waals surface area contributed by atoms with Gasteiger partial charge in [0.2, 0.25) is 0 Å². The molecule has 21 heavy (non-hydrogen) atoms. The van der Waals surface area contributed by atoms with Gasteiger partial charge in [-0.3, -0.25) is 4.79 Å². The Balaban J connectivity index is 1.85. The van der Waals surface area contributed by atoms with Gasteiger partial charge in [-0.1, -0.05) is 12.1 Å². The molecule has 1 heterocycles. The lowest BCUT2D eigenvalue weighted by Crippen LogP contribution is -2.45. The predicted octanol–water partition coefficient (Wildman–Crippen LogP) is 1.62. The number of aliphatic hydroxyl groups is 1. The zero-order valence-electron chi connectivity index (χ0n) is 12.2. The molecule has 0 saturated carbocycles. The Labute approximate surface area is 128 Å². The van der Waals surface area contributed by atoms with Crippen molar-refractivity contribution in [3.63, 3.8) is 0 Å². The van der Waals surface area contributed by atoms with Crippen molar-refractivity contribution in [2.75, 3.05) is 26.6 Å². The van der Waals surface area contributed by atoms with Crippen molar-refractivity contribution in [1.29, 1.82) is 0 Å². The van der Waals surface area contributed by atoms with E-state index >= 15 is 0 Å². The molecule has 1 aromatic carbocycles. The van der Waals surface area contributed by atoms with Crippen LogP contribution >= 0.6 is 11.8 Å². The largest absolute Gasteiger partial charge is 0.497 e. The van der Waals surface area contributed by atoms with Crippen LogP contribution in [0, 0.1) is 0 Å². The molecule has 6 heteroatoms. The van der Waals surface area contributed by atoms with Gasteiger partial charge in [-0.25, -0.2) is 0 Å². The van der Waals surface area contributed by atoms with Crippen LogP contribution in [0.4, 0.5) is 0 Å². The van der Waals surface area contributed by atoms with Gasteiger partial charge in [-0.2, -0.15) is 0 Å². The summed E-state index contributed by atoms with van der Waals surface area (Å²) in [5.74, 6) is 0.435. The minimum absolute atomic E-state index is 0.0992. The Bertz CT molecular complexity index is 475. The first-order valence-electron chi connectivity index (χ1n) is 6.73. The molecule has 0 bridgehead atoms. The molecular formula is C15H20O5S. The number of benzene rings is 1. The summed E-state index contributed by atoms with van der Waals surface area (Å²) in [7, 11) is 1.62. The maximum Gasteiger partial charge on any atom is 0.325 e. The summed E-state index contributed by atoms with van der Waals surface area (Å²) in [6, 6.07) is 7.51. The lowest BCUT2D eigenvalue weighted by Gasteiger charge is -2.27. The Morgan fingerprint density at radius 1 is 1.43 bits per heavy atom. The molecule has 1 saturated heterocycles. The van der Waals surface area contributed by atoms with Crippen molar-refractivity contribution < 1.29 is 24.1 Å². The molecule has 1 fully saturated rings. The molecule has 5 nitrogen and oxygen atoms in total. The molecule has 2 rings (SSSR count). The molecule has 1 aliphatic rings. The highest BCUT2D eigenvalue weighted by atomic mass is 32.2. The number of carbonyl (C=O) groups excluding carboxylic acids is 1. The van der Waals surface area contributed by atoms with Gasteiger partial charge in [-0.15, -0.1) is 11.8 Å². The lowest BCUT2D eigenvalue weighted by atomic mass is 10.0. The third kappa shape index (κ3) is 3.51. The minimum atomic E-state index is -0.889. The molecule has 1 N–H and O–H groups in total. The second-order valence-electron chi connectivity index (χ2n) is 4.86. The molecule has 0 aromatic heterocycles. The van der Waals surface area contributed by atoms with Crippen LogP contribution in [0.15, 0.2) is 24.3 Å². The number of methoxy groups -OCH3 is 1. The van der Waals surface area contributed by atoms with E-state index in [-0.39, 0.29) is 12.6 Å². The van der Waals surface area contributed by atoms with E-state index in [2.05, 4.69) is 0 Å². The van der Waals surface area contributed by atoms with Crippen LogP contribution < -0.4 is 4.74 Å². The van der Waals surface area contributed by atoms with E-state index in [0.29, 0.717) is 19.6 Å². The zero-order chi connectivity index (χ0) is 15.3. The number of hydrogen-bond donors (Lipinski definition) is 1. The summed E-state index contributed by atoms with van der Waals surface area (Å²) in [5.41, 5.74) is 0.982. The van der Waals surface area contributed by atoms with Crippen LogP contribution in [0.1, 0.15) is 12.0 Å². The van der Waals surface area contributed by atoms with Crippen LogP contribution in [0.5, 0.6) is 5.75 Å². The molecule has 116 valence electrons. The Morgan fingerprint density at radius 2 is 2.14 bits per heavy atom. The fourth-order valence-electron chi connectivity index (χ4n) is 2.29. The number of hydrogen-bond acceptors (Lipinski definition) is 6. The van der Waals surface area contributed by atoms with Crippen LogP contribution in [0.25, 0.3) is 0 Å². The number of thioether (sulfide) groups is 1. The first-order chi connectivity index (χ1) is 10.1. The van der Waals surface area contributed by atoms with Crippen molar-refractivity contribution in [3.8, 4) is 5.75 Å². The van der Waals surface area contributed by atoms with Gasteiger partial charge >= 0.3 is 5.97 Å². The van der Waals surface area contributed by atoms with Gasteiger partial charge in [0.25, 0.3) is 0 Å². The van der Waals surface area contributed by atoms with E-state index in [9.17, 15) is 9.90 Å². The van der Waals surface area contributed by atoms with Gasteiger partial charge in [0.1, 0.15) is 16.6 Å². The molecular weight excluding hydrogens is 292 g/mol. The number of carbonyl (C=O) groups is 1. The summed E-state index contributed by atoms with van der Waals surface area (Å²) in [6.07, 6.45) is 1.44. The average molecular weight is 312 g/mol. The number of ether oxygens (including phenoxy) is 3. The van der Waals surface area contributed by atoms with Gasteiger partial charge < -0.3 is 19.3 Å². The Kier molecular flexibility index (Phi) is 5.50. The van der Waals surface area contributed by atoms with Crippen molar-refractivity contribution in [1.82, 2.24) is 0 Å². The lowest BCUT2D eigenvalue weighted by molar-refractivity contribution is -0.143. The number of esters is 1. The molecule has 0 amide bonds. The molecule has 2 atom stereocenters. The maximum atomic E-state index is 11.8. The highest BCUT2D eigenvalue weighted by Gasteiger charge is 2.50. The highest BCUT2D eigenvalue weighted by molar-refractivity contribution is 8.00. The van der Waals surface area contributed by atoms with E-state index < -0.39 is 10.9 Å². The SMILES string of the molecule is COc1ccc(COC[C@@H](O)[C@@]2(SC)CCOC2=O)cc1. The molecule has 0 unspecified atom stereocenters. The Morgan fingerprint density at radius 3 is 2.67 bits per heavy atom. The van der Waals surface area contributed by atoms with Crippen molar-refractivity contribution in [3.05, 3.63) is 29.8 Å². The molecule has 0 radical (unpaired) electrons. The summed E-state index contributed by atoms with van der Waals surface area (Å²) >= 11 is 1.33. The summed E-state index contributed by atoms with van der Waals surface area (Å²) in [4.78, 5) is 11.8. The number of aliphatic hydroxyl groups excluding tert-OH is 1. The predicted molar refractivity (Wildman–Crippen MR) is 80.5 cm³/mol. The third-order valence-corrected chi connectivity index (χ3v) is 5.03. The van der Waals surface area contributed by atoms with Crippen molar-refractivity contribution >= 4 is 17.7 Å². The van der Waals surface area contributed by atoms with Gasteiger partial charge in [0.05, 0.1) is 26.9 Å². The fourth-order valence-corrected chi connectivity index (χ4v) is 3.14. The minimum Gasteiger partial charge on any atom is -0.497 e. The zero-order valence-corrected chi connectivity index (χ0v) is 13.0. The number of cyclic esters (lactones) is 1. The van der Waals surface area contributed by atoms with Crippen LogP contribution in [-0.2, 0) is 20.9 Å². The second-order valence-corrected chi connectivity index (χ2v) is 6.00. The van der Waals surface area contributed by atoms with Crippen molar-refractivity contribution in [2.24, 2.45) is 0 Å². The average Bonchev–Trinajstić information content (AvgIpc) is 2.90. The van der Waals surface area contributed by atoms with Crippen molar-refractivity contribution in [2.45, 2.75) is 23.9 Å².